The van der Waals surface area contributed by atoms with Crippen LogP contribution in [-0.4, -0.2) is 39.4 Å². The van der Waals surface area contributed by atoms with Crippen molar-refractivity contribution in [2.75, 3.05) is 27.4 Å². The van der Waals surface area contributed by atoms with Crippen LogP contribution in [0.25, 0.3) is 0 Å². The maximum absolute atomic E-state index is 12.8. The second kappa shape index (κ2) is 8.23. The number of fused-ring (bicyclic) bond motifs is 1. The number of methoxy groups -OCH3 is 2. The number of carbonyl (C=O) groups excluding carboxylic acids is 1. The first-order chi connectivity index (χ1) is 14.1. The molecule has 0 aromatic heterocycles. The van der Waals surface area contributed by atoms with Crippen LogP contribution in [0.1, 0.15) is 31.2 Å². The van der Waals surface area contributed by atoms with E-state index in [0.29, 0.717) is 29.5 Å². The predicted molar refractivity (Wildman–Crippen MR) is 109 cm³/mol. The minimum Gasteiger partial charge on any atom is -0.493 e. The van der Waals surface area contributed by atoms with E-state index in [1.807, 2.05) is 36.4 Å². The van der Waals surface area contributed by atoms with Crippen LogP contribution in [0.3, 0.4) is 0 Å². The number of carbonyl (C=O) groups is 1. The van der Waals surface area contributed by atoms with Gasteiger partial charge in [0.25, 0.3) is 5.91 Å². The van der Waals surface area contributed by atoms with Crippen LogP contribution in [0.15, 0.2) is 42.5 Å². The zero-order chi connectivity index (χ0) is 20.3. The van der Waals surface area contributed by atoms with Crippen LogP contribution >= 0.6 is 0 Å². The van der Waals surface area contributed by atoms with Gasteiger partial charge >= 0.3 is 0 Å². The summed E-state index contributed by atoms with van der Waals surface area (Å²) < 4.78 is 22.4. The highest BCUT2D eigenvalue weighted by atomic mass is 16.6. The Labute approximate surface area is 171 Å². The lowest BCUT2D eigenvalue weighted by Crippen LogP contribution is -2.48. The first-order valence-corrected chi connectivity index (χ1v) is 10.0. The summed E-state index contributed by atoms with van der Waals surface area (Å²) in [5.74, 6) is 2.55. The summed E-state index contributed by atoms with van der Waals surface area (Å²) in [5.41, 5.74) is 1.06. The van der Waals surface area contributed by atoms with Crippen LogP contribution in [0.4, 0.5) is 0 Å². The Hall–Kier alpha value is -2.89. The number of rotatable bonds is 6. The molecule has 29 heavy (non-hydrogen) atoms. The van der Waals surface area contributed by atoms with Crippen LogP contribution in [0.5, 0.6) is 23.0 Å². The molecular weight excluding hydrogens is 370 g/mol. The topological polar surface area (TPSA) is 66.0 Å². The fraction of sp³-hybridized carbons (Fsp3) is 0.435. The monoisotopic (exact) mass is 397 g/mol. The minimum absolute atomic E-state index is 0.108. The average molecular weight is 397 g/mol. The lowest BCUT2D eigenvalue weighted by Gasteiger charge is -2.32. The van der Waals surface area contributed by atoms with Crippen molar-refractivity contribution in [3.8, 4) is 23.0 Å². The van der Waals surface area contributed by atoms with Gasteiger partial charge in [0, 0.05) is 12.0 Å². The van der Waals surface area contributed by atoms with E-state index >= 15 is 0 Å². The highest BCUT2D eigenvalue weighted by Gasteiger charge is 2.38. The van der Waals surface area contributed by atoms with Crippen LogP contribution in [0, 0.1) is 0 Å². The summed E-state index contributed by atoms with van der Waals surface area (Å²) in [7, 11) is 3.27. The van der Waals surface area contributed by atoms with E-state index in [1.165, 1.54) is 5.56 Å². The molecule has 6 nitrogen and oxygen atoms in total. The van der Waals surface area contributed by atoms with Crippen molar-refractivity contribution in [3.05, 3.63) is 48.0 Å². The molecule has 0 unspecified atom stereocenters. The standard InChI is InChI=1S/C23H27NO5/c1-26-17-10-9-16(13-20(17)27-2)23(11-5-6-12-23)15-24-22(25)21-14-28-18-7-3-4-8-19(18)29-21/h3-4,7-10,13,21H,5-6,11-12,14-15H2,1-2H3,(H,24,25)/t21-/m0/s1. The Morgan fingerprint density at radius 3 is 2.52 bits per heavy atom. The van der Waals surface area contributed by atoms with Gasteiger partial charge in [-0.05, 0) is 42.7 Å². The quantitative estimate of drug-likeness (QED) is 0.809. The fourth-order valence-corrected chi connectivity index (χ4v) is 4.30. The summed E-state index contributed by atoms with van der Waals surface area (Å²) in [6, 6.07) is 13.5. The maximum Gasteiger partial charge on any atom is 0.264 e. The predicted octanol–water partition coefficient (Wildman–Crippen LogP) is 3.47. The zero-order valence-corrected chi connectivity index (χ0v) is 16.9. The third kappa shape index (κ3) is 3.84. The highest BCUT2D eigenvalue weighted by Crippen LogP contribution is 2.43. The molecular formula is C23H27NO5. The first-order valence-electron chi connectivity index (χ1n) is 10.0. The normalized spacial score (nSPS) is 19.4. The minimum atomic E-state index is -0.645. The Balaban J connectivity index is 1.47. The molecule has 1 N–H and O–H groups in total. The molecule has 0 bridgehead atoms. The lowest BCUT2D eigenvalue weighted by atomic mass is 9.78. The van der Waals surface area contributed by atoms with Crippen molar-refractivity contribution in [2.24, 2.45) is 0 Å². The number of ether oxygens (including phenoxy) is 4. The summed E-state index contributed by atoms with van der Waals surface area (Å²) in [5, 5.41) is 3.11. The molecule has 0 saturated heterocycles. The molecule has 0 radical (unpaired) electrons. The Bertz CT molecular complexity index is 875. The molecule has 1 amide bonds. The number of benzene rings is 2. The van der Waals surface area contributed by atoms with Crippen molar-refractivity contribution in [3.63, 3.8) is 0 Å². The molecule has 2 aromatic carbocycles. The Kier molecular flexibility index (Phi) is 5.51. The molecule has 154 valence electrons. The second-order valence-corrected chi connectivity index (χ2v) is 7.64. The summed E-state index contributed by atoms with van der Waals surface area (Å²) >= 11 is 0. The van der Waals surface area contributed by atoms with Crippen LogP contribution in [0.2, 0.25) is 0 Å². The van der Waals surface area contributed by atoms with E-state index in [0.717, 1.165) is 25.7 Å². The molecule has 4 rings (SSSR count). The van der Waals surface area contributed by atoms with E-state index in [1.54, 1.807) is 14.2 Å². The molecule has 1 heterocycles. The number of amides is 1. The number of hydrogen-bond donors (Lipinski definition) is 1. The van der Waals surface area contributed by atoms with Gasteiger partial charge in [0.05, 0.1) is 14.2 Å². The van der Waals surface area contributed by atoms with Gasteiger partial charge in [0.2, 0.25) is 6.10 Å². The van der Waals surface area contributed by atoms with Gasteiger partial charge < -0.3 is 24.3 Å². The van der Waals surface area contributed by atoms with Crippen molar-refractivity contribution in [2.45, 2.75) is 37.2 Å². The van der Waals surface area contributed by atoms with Gasteiger partial charge in [0.1, 0.15) is 6.61 Å². The van der Waals surface area contributed by atoms with Gasteiger partial charge in [-0.2, -0.15) is 0 Å². The SMILES string of the molecule is COc1ccc(C2(CNC(=O)[C@@H]3COc4ccccc4O3)CCCC2)cc1OC. The molecule has 1 atom stereocenters. The van der Waals surface area contributed by atoms with Crippen molar-refractivity contribution < 1.29 is 23.7 Å². The Morgan fingerprint density at radius 1 is 1.07 bits per heavy atom. The van der Waals surface area contributed by atoms with E-state index < -0.39 is 6.10 Å². The fourth-order valence-electron chi connectivity index (χ4n) is 4.30. The largest absolute Gasteiger partial charge is 0.493 e. The molecule has 1 fully saturated rings. The molecule has 1 saturated carbocycles. The van der Waals surface area contributed by atoms with Gasteiger partial charge in [-0.15, -0.1) is 0 Å². The van der Waals surface area contributed by atoms with E-state index in [9.17, 15) is 4.79 Å². The molecule has 2 aliphatic rings. The van der Waals surface area contributed by atoms with E-state index in [4.69, 9.17) is 18.9 Å². The first kappa shape index (κ1) is 19.4. The molecule has 1 aliphatic carbocycles. The number of hydrogen-bond acceptors (Lipinski definition) is 5. The third-order valence-electron chi connectivity index (χ3n) is 5.96. The lowest BCUT2D eigenvalue weighted by molar-refractivity contribution is -0.130. The molecule has 1 aliphatic heterocycles. The second-order valence-electron chi connectivity index (χ2n) is 7.64. The zero-order valence-electron chi connectivity index (χ0n) is 16.9. The summed E-state index contributed by atoms with van der Waals surface area (Å²) in [4.78, 5) is 12.8. The van der Waals surface area contributed by atoms with Crippen molar-refractivity contribution in [1.82, 2.24) is 5.32 Å². The molecule has 0 spiro atoms. The maximum atomic E-state index is 12.8. The van der Waals surface area contributed by atoms with Gasteiger partial charge in [-0.1, -0.05) is 31.0 Å². The van der Waals surface area contributed by atoms with Crippen LogP contribution in [-0.2, 0) is 10.2 Å². The molecule has 6 heteroatoms. The van der Waals surface area contributed by atoms with Crippen LogP contribution < -0.4 is 24.3 Å². The van der Waals surface area contributed by atoms with E-state index in [2.05, 4.69) is 11.4 Å². The molecule has 2 aromatic rings. The number of nitrogens with one attached hydrogen (secondary N) is 1. The van der Waals surface area contributed by atoms with Crippen molar-refractivity contribution >= 4 is 5.91 Å². The summed E-state index contributed by atoms with van der Waals surface area (Å²) in [6.07, 6.45) is 3.68. The van der Waals surface area contributed by atoms with Crippen molar-refractivity contribution in [1.29, 1.82) is 0 Å². The smallest absolute Gasteiger partial charge is 0.264 e. The van der Waals surface area contributed by atoms with E-state index in [-0.39, 0.29) is 17.9 Å². The van der Waals surface area contributed by atoms with Gasteiger partial charge in [-0.3, -0.25) is 4.79 Å². The van der Waals surface area contributed by atoms with Gasteiger partial charge in [-0.25, -0.2) is 0 Å². The Morgan fingerprint density at radius 2 is 1.79 bits per heavy atom. The summed E-state index contributed by atoms with van der Waals surface area (Å²) in [6.45, 7) is 0.773. The number of para-hydroxylation sites is 2. The third-order valence-corrected chi connectivity index (χ3v) is 5.96. The average Bonchev–Trinajstić information content (AvgIpc) is 3.26. The van der Waals surface area contributed by atoms with Gasteiger partial charge in [0.15, 0.2) is 23.0 Å². The highest BCUT2D eigenvalue weighted by molar-refractivity contribution is 5.82.